The van der Waals surface area contributed by atoms with E-state index in [4.69, 9.17) is 34.0 Å². The first kappa shape index (κ1) is 15.1. The summed E-state index contributed by atoms with van der Waals surface area (Å²) in [4.78, 5) is 11.8. The number of nitrogens with two attached hydrogens (primary N) is 1. The number of hydrogen-bond donors (Lipinski definition) is 3. The number of nitrogens with one attached hydrogen (secondary N) is 1. The van der Waals surface area contributed by atoms with Gasteiger partial charge in [-0.2, -0.15) is 0 Å². The van der Waals surface area contributed by atoms with E-state index in [1.807, 2.05) is 0 Å². The fourth-order valence-electron chi connectivity index (χ4n) is 1.42. The molecular weight excluding hydrogens is 275 g/mol. The number of aliphatic hydroxyl groups excluding tert-OH is 1. The molecule has 1 unspecified atom stereocenters. The van der Waals surface area contributed by atoms with E-state index in [9.17, 15) is 4.79 Å². The van der Waals surface area contributed by atoms with Crippen LogP contribution in [0.25, 0.3) is 0 Å². The summed E-state index contributed by atoms with van der Waals surface area (Å²) in [6, 6.07) is 2.96. The third-order valence-electron chi connectivity index (χ3n) is 2.43. The van der Waals surface area contributed by atoms with Gasteiger partial charge in [-0.15, -0.1) is 0 Å². The maximum atomic E-state index is 11.8. The van der Waals surface area contributed by atoms with Crippen molar-refractivity contribution in [3.05, 3.63) is 27.7 Å². The third kappa shape index (κ3) is 4.37. The predicted molar refractivity (Wildman–Crippen MR) is 74.1 cm³/mol. The molecular formula is C12H16Cl2N2O2. The second-order valence-electron chi connectivity index (χ2n) is 4.10. The molecule has 0 saturated heterocycles. The van der Waals surface area contributed by atoms with Crippen molar-refractivity contribution in [3.63, 3.8) is 0 Å². The van der Waals surface area contributed by atoms with E-state index in [0.717, 1.165) is 0 Å². The molecule has 6 heteroatoms. The van der Waals surface area contributed by atoms with Crippen LogP contribution in [0.5, 0.6) is 0 Å². The van der Waals surface area contributed by atoms with E-state index >= 15 is 0 Å². The van der Waals surface area contributed by atoms with Crippen molar-refractivity contribution in [1.82, 2.24) is 5.32 Å². The largest absolute Gasteiger partial charge is 0.396 e. The highest BCUT2D eigenvalue weighted by Crippen LogP contribution is 2.28. The van der Waals surface area contributed by atoms with Gasteiger partial charge in [0.05, 0.1) is 21.8 Å². The number of anilines is 1. The summed E-state index contributed by atoms with van der Waals surface area (Å²) in [7, 11) is 0. The number of benzene rings is 1. The molecule has 1 aromatic rings. The Bertz CT molecular complexity index is 413. The van der Waals surface area contributed by atoms with Crippen LogP contribution in [0.15, 0.2) is 12.1 Å². The molecule has 1 amide bonds. The van der Waals surface area contributed by atoms with Crippen molar-refractivity contribution in [2.45, 2.75) is 25.9 Å². The Morgan fingerprint density at radius 2 is 2.00 bits per heavy atom. The highest BCUT2D eigenvalue weighted by atomic mass is 35.5. The summed E-state index contributed by atoms with van der Waals surface area (Å²) >= 11 is 11.7. The van der Waals surface area contributed by atoms with Crippen LogP contribution in [-0.4, -0.2) is 23.7 Å². The Hall–Kier alpha value is -0.970. The van der Waals surface area contributed by atoms with Crippen LogP contribution < -0.4 is 11.1 Å². The monoisotopic (exact) mass is 290 g/mol. The molecule has 0 aliphatic rings. The van der Waals surface area contributed by atoms with E-state index in [1.54, 1.807) is 6.92 Å². The molecule has 0 fully saturated rings. The molecule has 18 heavy (non-hydrogen) atoms. The van der Waals surface area contributed by atoms with Crippen molar-refractivity contribution in [1.29, 1.82) is 0 Å². The lowest BCUT2D eigenvalue weighted by molar-refractivity contribution is 0.0949. The average molecular weight is 291 g/mol. The van der Waals surface area contributed by atoms with Crippen LogP contribution in [0.1, 0.15) is 30.1 Å². The maximum Gasteiger partial charge on any atom is 0.251 e. The minimum absolute atomic E-state index is 0.260. The summed E-state index contributed by atoms with van der Waals surface area (Å²) in [5, 5.41) is 12.3. The zero-order valence-corrected chi connectivity index (χ0v) is 11.6. The topological polar surface area (TPSA) is 75.3 Å². The Morgan fingerprint density at radius 1 is 1.44 bits per heavy atom. The number of amides is 1. The van der Waals surface area contributed by atoms with Gasteiger partial charge < -0.3 is 16.2 Å². The predicted octanol–water partition coefficient (Wildman–Crippen LogP) is 2.47. The fourth-order valence-corrected chi connectivity index (χ4v) is 1.90. The van der Waals surface area contributed by atoms with Crippen LogP contribution in [-0.2, 0) is 0 Å². The van der Waals surface area contributed by atoms with Crippen molar-refractivity contribution >= 4 is 34.8 Å². The van der Waals surface area contributed by atoms with Gasteiger partial charge in [0, 0.05) is 12.1 Å². The van der Waals surface area contributed by atoms with Crippen LogP contribution in [0.3, 0.4) is 0 Å². The van der Waals surface area contributed by atoms with E-state index < -0.39 is 0 Å². The smallest absolute Gasteiger partial charge is 0.251 e. The molecule has 0 heterocycles. The van der Waals surface area contributed by atoms with Crippen LogP contribution >= 0.6 is 23.2 Å². The Labute approximate surface area is 116 Å². The van der Waals surface area contributed by atoms with Crippen molar-refractivity contribution in [2.24, 2.45) is 0 Å². The number of carbonyl (C=O) groups is 1. The number of rotatable bonds is 5. The molecule has 0 saturated carbocycles. The number of hydrogen-bond acceptors (Lipinski definition) is 3. The number of carbonyl (C=O) groups excluding carboxylic acids is 1. The van der Waals surface area contributed by atoms with Crippen LogP contribution in [0.2, 0.25) is 10.0 Å². The van der Waals surface area contributed by atoms with Gasteiger partial charge in [0.2, 0.25) is 0 Å². The normalized spacial score (nSPS) is 12.2. The molecule has 0 bridgehead atoms. The minimum Gasteiger partial charge on any atom is -0.396 e. The lowest BCUT2D eigenvalue weighted by Gasteiger charge is -2.08. The zero-order valence-electron chi connectivity index (χ0n) is 10.0. The first-order valence-electron chi connectivity index (χ1n) is 5.62. The first-order valence-corrected chi connectivity index (χ1v) is 6.38. The molecule has 0 aliphatic heterocycles. The van der Waals surface area contributed by atoms with E-state index in [1.165, 1.54) is 12.1 Å². The minimum atomic E-state index is -0.359. The summed E-state index contributed by atoms with van der Waals surface area (Å²) in [6.45, 7) is 2.20. The number of nitrogen functional groups attached to an aromatic ring is 1. The molecule has 4 nitrogen and oxygen atoms in total. The van der Waals surface area contributed by atoms with Gasteiger partial charge in [0.25, 0.3) is 5.91 Å². The molecule has 4 N–H and O–H groups in total. The average Bonchev–Trinajstić information content (AvgIpc) is 2.30. The van der Waals surface area contributed by atoms with Gasteiger partial charge in [0.1, 0.15) is 0 Å². The van der Waals surface area contributed by atoms with Gasteiger partial charge in [-0.05, 0) is 31.9 Å². The first-order chi connectivity index (χ1) is 8.41. The third-order valence-corrected chi connectivity index (χ3v) is 3.05. The Kier molecular flexibility index (Phi) is 5.72. The summed E-state index contributed by atoms with van der Waals surface area (Å²) in [6.07, 6.45) is 0.992. The summed E-state index contributed by atoms with van der Waals surface area (Å²) < 4.78 is 0. The second-order valence-corrected chi connectivity index (χ2v) is 4.92. The van der Waals surface area contributed by atoms with Crippen molar-refractivity contribution in [2.75, 3.05) is 12.3 Å². The molecule has 0 radical (unpaired) electrons. The Morgan fingerprint density at radius 3 is 2.50 bits per heavy atom. The molecule has 1 rings (SSSR count). The van der Waals surface area contributed by atoms with E-state index in [0.29, 0.717) is 24.9 Å². The molecule has 100 valence electrons. The van der Waals surface area contributed by atoms with Crippen molar-refractivity contribution < 1.29 is 9.90 Å². The molecule has 1 aromatic carbocycles. The molecule has 0 spiro atoms. The lowest BCUT2D eigenvalue weighted by atomic mass is 10.2. The van der Waals surface area contributed by atoms with E-state index in [-0.39, 0.29) is 27.7 Å². The second kappa shape index (κ2) is 6.83. The molecule has 0 aromatic heterocycles. The lowest BCUT2D eigenvalue weighted by Crippen LogP contribution is -2.25. The highest BCUT2D eigenvalue weighted by molar-refractivity contribution is 6.39. The van der Waals surface area contributed by atoms with E-state index in [2.05, 4.69) is 5.32 Å². The van der Waals surface area contributed by atoms with Gasteiger partial charge in [0.15, 0.2) is 0 Å². The van der Waals surface area contributed by atoms with Gasteiger partial charge in [-0.1, -0.05) is 23.2 Å². The van der Waals surface area contributed by atoms with Crippen molar-refractivity contribution in [3.8, 4) is 0 Å². The summed E-state index contributed by atoms with van der Waals surface area (Å²) in [5.41, 5.74) is 6.22. The van der Waals surface area contributed by atoms with Gasteiger partial charge in [-0.3, -0.25) is 4.79 Å². The Balaban J connectivity index is 2.57. The molecule has 1 atom stereocenters. The van der Waals surface area contributed by atoms with Gasteiger partial charge >= 0.3 is 0 Å². The maximum absolute atomic E-state index is 11.8. The summed E-state index contributed by atoms with van der Waals surface area (Å²) in [5.74, 6) is -0.260. The SMILES string of the molecule is CC(O)CCCNC(=O)c1cc(Cl)c(N)c(Cl)c1. The number of halogens is 2. The zero-order chi connectivity index (χ0) is 13.7. The van der Waals surface area contributed by atoms with Crippen LogP contribution in [0.4, 0.5) is 5.69 Å². The molecule has 0 aliphatic carbocycles. The number of aliphatic hydroxyl groups is 1. The standard InChI is InChI=1S/C12H16Cl2N2O2/c1-7(17)3-2-4-16-12(18)8-5-9(13)11(15)10(14)6-8/h5-7,17H,2-4,15H2,1H3,(H,16,18). The van der Waals surface area contributed by atoms with Crippen LogP contribution in [0, 0.1) is 0 Å². The van der Waals surface area contributed by atoms with Gasteiger partial charge in [-0.25, -0.2) is 0 Å². The quantitative estimate of drug-likeness (QED) is 0.576. The highest BCUT2D eigenvalue weighted by Gasteiger charge is 2.10. The fraction of sp³-hybridized carbons (Fsp3) is 0.417.